The summed E-state index contributed by atoms with van der Waals surface area (Å²) in [7, 11) is 0. The summed E-state index contributed by atoms with van der Waals surface area (Å²) in [6, 6.07) is -3.53. The van der Waals surface area contributed by atoms with E-state index in [-0.39, 0.29) is 168 Å². The number of hydrogen-bond acceptors (Lipinski definition) is 38. The van der Waals surface area contributed by atoms with E-state index in [9.17, 15) is 95.9 Å². The van der Waals surface area contributed by atoms with Crippen LogP contribution < -0.4 is 53.2 Å². The number of esters is 9. The van der Waals surface area contributed by atoms with E-state index in [0.29, 0.717) is 83.5 Å². The van der Waals surface area contributed by atoms with Crippen molar-refractivity contribution in [3.63, 3.8) is 0 Å². The van der Waals surface area contributed by atoms with Gasteiger partial charge < -0.3 is 144 Å². The molecule has 11 N–H and O–H groups in total. The number of carbonyl (C=O) groups is 20. The van der Waals surface area contributed by atoms with Crippen molar-refractivity contribution in [2.45, 2.75) is 328 Å². The molecule has 0 radical (unpaired) electrons. The Morgan fingerprint density at radius 2 is 0.493 bits per heavy atom. The Kier molecular flexibility index (Phi) is 60.6. The van der Waals surface area contributed by atoms with Gasteiger partial charge in [-0.15, -0.1) is 0 Å². The van der Waals surface area contributed by atoms with E-state index in [4.69, 9.17) is 90.4 Å². The molecule has 0 aromatic rings. The number of aliphatic carboxylic acids is 1. The summed E-state index contributed by atoms with van der Waals surface area (Å²) >= 11 is 0. The van der Waals surface area contributed by atoms with Crippen LogP contribution in [0, 0.1) is 0 Å². The van der Waals surface area contributed by atoms with Crippen molar-refractivity contribution in [1.29, 1.82) is 0 Å². The fraction of sp³-hybridized carbons (Fsp3) is 0.775. The number of ether oxygens (including phenoxy) is 18. The van der Waals surface area contributed by atoms with Gasteiger partial charge in [0.25, 0.3) is 0 Å². The molecule has 784 valence electrons. The minimum absolute atomic E-state index is 0.0188. The Labute approximate surface area is 801 Å². The van der Waals surface area contributed by atoms with E-state index in [1.807, 2.05) is 0 Å². The first-order valence-electron chi connectivity index (χ1n) is 46.5. The van der Waals surface area contributed by atoms with Gasteiger partial charge in [0.05, 0.1) is 39.6 Å². The molecule has 0 saturated carbocycles. The first kappa shape index (κ1) is 121. The third kappa shape index (κ3) is 54.4. The number of carboxylic acid groups (broad SMARTS) is 1. The molecular weight excluding hydrogens is 1830 g/mol. The number of nitrogens with one attached hydrogen (secondary N) is 10. The lowest BCUT2D eigenvalue weighted by molar-refractivity contribution is -0.277. The molecule has 15 atom stereocenters. The molecule has 0 aromatic heterocycles. The lowest BCUT2D eigenvalue weighted by Gasteiger charge is -2.44. The Balaban J connectivity index is 1.66. The molecule has 10 amide bonds. The summed E-state index contributed by atoms with van der Waals surface area (Å²) in [4.78, 5) is 249. The predicted molar refractivity (Wildman–Crippen MR) is 475 cm³/mol. The summed E-state index contributed by atoms with van der Waals surface area (Å²) in [5.74, 6) is -11.9. The summed E-state index contributed by atoms with van der Waals surface area (Å²) in [6.45, 7) is 11.9. The van der Waals surface area contributed by atoms with E-state index >= 15 is 0 Å². The molecule has 0 aliphatic carbocycles. The average Bonchev–Trinajstić information content (AvgIpc) is 0.792. The number of carboxylic acids is 1. The molecule has 3 fully saturated rings. The molecular formula is C89H144N10O39. The number of unbranched alkanes of at least 4 members (excludes halogenated alkanes) is 8. The van der Waals surface area contributed by atoms with Gasteiger partial charge in [0, 0.05) is 194 Å². The largest absolute Gasteiger partial charge is 0.481 e. The van der Waals surface area contributed by atoms with Gasteiger partial charge in [-0.2, -0.15) is 0 Å². The zero-order valence-corrected chi connectivity index (χ0v) is 81.1. The predicted octanol–water partition coefficient (Wildman–Crippen LogP) is -0.337. The van der Waals surface area contributed by atoms with Crippen LogP contribution in [0.1, 0.15) is 231 Å². The molecule has 3 rings (SSSR count). The third-order valence-corrected chi connectivity index (χ3v) is 20.5. The monoisotopic (exact) mass is 1980 g/mol. The van der Waals surface area contributed by atoms with Gasteiger partial charge in [0.15, 0.2) is 55.5 Å². The van der Waals surface area contributed by atoms with Crippen LogP contribution >= 0.6 is 0 Å². The molecule has 15 unspecified atom stereocenters. The highest BCUT2D eigenvalue weighted by Gasteiger charge is 2.55. The number of rotatable bonds is 70. The summed E-state index contributed by atoms with van der Waals surface area (Å²) < 4.78 is 102. The summed E-state index contributed by atoms with van der Waals surface area (Å²) in [5, 5.41) is 36.6. The highest BCUT2D eigenvalue weighted by Crippen LogP contribution is 2.32. The van der Waals surface area contributed by atoms with E-state index in [1.54, 1.807) is 0 Å². The highest BCUT2D eigenvalue weighted by atomic mass is 16.7. The van der Waals surface area contributed by atoms with Crippen LogP contribution in [-0.2, 0) is 181 Å². The SMILES string of the molecule is CC(=O)NC1C(OCCCCC(=O)NCCCNC(=O)CCOCC(COCCC(=O)NCCCNC(=O)CCCCOC2OC(COC(C)=O)C(OC(C)=O)C(OC(C)=O)C2NC(C)=O)(COCCC(=O)NCCCNC(=O)CCCCOC2OC(COC(C)=O)C(OC(C)=O)C(OC(C)=O)C2NC(C)=O)NC(=O)CCCCCCCCC(=O)O)OC(COC(C)=O)C(OC(C)=O)C1OC(C)=O. The van der Waals surface area contributed by atoms with Gasteiger partial charge in [-0.25, -0.2) is 0 Å². The third-order valence-electron chi connectivity index (χ3n) is 20.5. The standard InChI is InChI=1S/C89H144N10O39/c1-54(100)96-77-83(133-63(10)109)80(130-60(7)106)66(48-127-57(4)103)136-86(77)124-42-22-19-28-69(112)90-36-25-39-93-72(115)33-45-121-51-89(99-75(118)31-17-15-13-14-16-18-32-76(119)120,52-122-46-34-73(116)94-40-26-37-91-70(113)29-20-23-43-125-87-78(97-55(2)101)84(134-64(11)110)81(131-61(8)107)67(137-87)49-128-58(5)104)53-123-47-35-74(117)95-41-27-38-92-71(114)30-21-24-44-126-88-79(98-56(3)102)85(135-65(12)111)82(132-62(9)108)68(138-88)50-129-59(6)105/h66-68,77-88H,13-53H2,1-12H3,(H,90,112)(H,91,113)(H,92,114)(H,93,115)(H,94,116)(H,95,117)(H,96,100)(H,97,101)(H,98,102)(H,99,118)(H,119,120). The molecule has 0 bridgehead atoms. The van der Waals surface area contributed by atoms with Crippen molar-refractivity contribution in [1.82, 2.24) is 53.2 Å². The molecule has 49 nitrogen and oxygen atoms in total. The van der Waals surface area contributed by atoms with Crippen molar-refractivity contribution in [2.24, 2.45) is 0 Å². The molecule has 3 aliphatic rings. The molecule has 0 spiro atoms. The first-order valence-corrected chi connectivity index (χ1v) is 46.5. The van der Waals surface area contributed by atoms with Gasteiger partial charge in [-0.05, 0) is 70.6 Å². The fourth-order valence-corrected chi connectivity index (χ4v) is 14.4. The van der Waals surface area contributed by atoms with Gasteiger partial charge >= 0.3 is 59.7 Å². The van der Waals surface area contributed by atoms with Crippen LogP contribution in [-0.4, -0.2) is 340 Å². The number of hydrogen-bond donors (Lipinski definition) is 11. The minimum atomic E-state index is -1.50. The topological polar surface area (TPSA) is 648 Å². The van der Waals surface area contributed by atoms with Gasteiger partial charge in [0.1, 0.15) is 61.8 Å². The highest BCUT2D eigenvalue weighted by molar-refractivity contribution is 5.80. The Hall–Kier alpha value is -11.0. The van der Waals surface area contributed by atoms with Gasteiger partial charge in [-0.1, -0.05) is 25.7 Å². The molecule has 49 heteroatoms. The van der Waals surface area contributed by atoms with Crippen molar-refractivity contribution in [2.75, 3.05) is 119 Å². The van der Waals surface area contributed by atoms with Crippen LogP contribution in [0.15, 0.2) is 0 Å². The van der Waals surface area contributed by atoms with Crippen molar-refractivity contribution < 1.29 is 186 Å². The van der Waals surface area contributed by atoms with Crippen molar-refractivity contribution in [3.8, 4) is 0 Å². The van der Waals surface area contributed by atoms with Crippen molar-refractivity contribution in [3.05, 3.63) is 0 Å². The minimum Gasteiger partial charge on any atom is -0.481 e. The van der Waals surface area contributed by atoms with Crippen LogP contribution in [0.4, 0.5) is 0 Å². The Morgan fingerprint density at radius 1 is 0.261 bits per heavy atom. The second-order valence-corrected chi connectivity index (χ2v) is 33.1. The van der Waals surface area contributed by atoms with Gasteiger partial charge in [0.2, 0.25) is 59.1 Å². The maximum absolute atomic E-state index is 14.0. The molecule has 3 saturated heterocycles. The number of carbonyl (C=O) groups excluding carboxylic acids is 19. The molecule has 3 aliphatic heterocycles. The quantitative estimate of drug-likeness (QED) is 0.0211. The zero-order valence-electron chi connectivity index (χ0n) is 81.1. The molecule has 138 heavy (non-hydrogen) atoms. The number of amides is 10. The summed E-state index contributed by atoms with van der Waals surface area (Å²) in [5.41, 5.74) is -1.50. The second kappa shape index (κ2) is 69.0. The zero-order chi connectivity index (χ0) is 102. The fourth-order valence-electron chi connectivity index (χ4n) is 14.4. The molecule has 0 aromatic carbocycles. The second-order valence-electron chi connectivity index (χ2n) is 33.1. The Bertz CT molecular complexity index is 3530. The van der Waals surface area contributed by atoms with Crippen molar-refractivity contribution >= 4 is 119 Å². The van der Waals surface area contributed by atoms with Crippen LogP contribution in [0.2, 0.25) is 0 Å². The maximum atomic E-state index is 14.0. The normalized spacial score (nSPS) is 21.3. The van der Waals surface area contributed by atoms with E-state index in [0.717, 1.165) is 75.2 Å². The van der Waals surface area contributed by atoms with Crippen LogP contribution in [0.3, 0.4) is 0 Å². The average molecular weight is 1980 g/mol. The van der Waals surface area contributed by atoms with E-state index in [2.05, 4.69) is 53.2 Å². The lowest BCUT2D eigenvalue weighted by atomic mass is 9.96. The van der Waals surface area contributed by atoms with Crippen LogP contribution in [0.5, 0.6) is 0 Å². The summed E-state index contributed by atoms with van der Waals surface area (Å²) in [6.07, 6.45) is -8.92. The Morgan fingerprint density at radius 3 is 0.739 bits per heavy atom. The molecule has 3 heterocycles. The lowest BCUT2D eigenvalue weighted by Crippen LogP contribution is -2.66. The van der Waals surface area contributed by atoms with Crippen LogP contribution in [0.25, 0.3) is 0 Å². The van der Waals surface area contributed by atoms with Gasteiger partial charge in [-0.3, -0.25) is 95.9 Å². The smallest absolute Gasteiger partial charge is 0.303 e. The first-order chi connectivity index (χ1) is 65.6. The van der Waals surface area contributed by atoms with E-state index < -0.39 is 218 Å². The van der Waals surface area contributed by atoms with E-state index in [1.165, 1.54) is 20.8 Å². The maximum Gasteiger partial charge on any atom is 0.303 e.